The quantitative estimate of drug-likeness (QED) is 0.843. The molecule has 0 aliphatic rings. The second kappa shape index (κ2) is 5.97. The van der Waals surface area contributed by atoms with Crippen molar-refractivity contribution in [3.63, 3.8) is 0 Å². The van der Waals surface area contributed by atoms with E-state index in [1.165, 1.54) is 13.2 Å². The summed E-state index contributed by atoms with van der Waals surface area (Å²) in [5.74, 6) is 0.324. The maximum absolute atomic E-state index is 11.2. The highest BCUT2D eigenvalue weighted by Crippen LogP contribution is 2.28. The standard InChI is InChI=1S/C14H14O4S/c1-18-12-8-7-11(9-13(12)19(16)17)14(15)10-5-3-2-4-6-10/h2-9,14-15H,1H3,(H,16,17). The fraction of sp³-hybridized carbons (Fsp3) is 0.143. The fourth-order valence-corrected chi connectivity index (χ4v) is 2.39. The van der Waals surface area contributed by atoms with Crippen molar-refractivity contribution in [2.45, 2.75) is 11.0 Å². The molecule has 0 aliphatic carbocycles. The molecule has 2 aromatic carbocycles. The van der Waals surface area contributed by atoms with Crippen LogP contribution in [0, 0.1) is 0 Å². The van der Waals surface area contributed by atoms with Gasteiger partial charge in [-0.1, -0.05) is 36.4 Å². The van der Waals surface area contributed by atoms with Gasteiger partial charge >= 0.3 is 0 Å². The number of aliphatic hydroxyl groups excluding tert-OH is 1. The van der Waals surface area contributed by atoms with E-state index < -0.39 is 17.2 Å². The summed E-state index contributed by atoms with van der Waals surface area (Å²) in [6.07, 6.45) is -0.839. The first kappa shape index (κ1) is 13.7. The van der Waals surface area contributed by atoms with Gasteiger partial charge in [-0.25, -0.2) is 4.21 Å². The Hall–Kier alpha value is -1.69. The molecule has 0 amide bonds. The van der Waals surface area contributed by atoms with Crippen LogP contribution in [0.15, 0.2) is 53.4 Å². The van der Waals surface area contributed by atoms with E-state index in [-0.39, 0.29) is 4.90 Å². The van der Waals surface area contributed by atoms with Gasteiger partial charge in [0.05, 0.1) is 7.11 Å². The van der Waals surface area contributed by atoms with Crippen LogP contribution in [0.5, 0.6) is 5.75 Å². The van der Waals surface area contributed by atoms with Crippen LogP contribution >= 0.6 is 0 Å². The molecule has 0 fully saturated rings. The normalized spacial score (nSPS) is 13.8. The summed E-state index contributed by atoms with van der Waals surface area (Å²) in [5, 5.41) is 10.2. The van der Waals surface area contributed by atoms with Crippen molar-refractivity contribution in [3.8, 4) is 5.75 Å². The van der Waals surface area contributed by atoms with Gasteiger partial charge in [0.1, 0.15) is 16.7 Å². The van der Waals surface area contributed by atoms with Gasteiger partial charge in [0, 0.05) is 0 Å². The van der Waals surface area contributed by atoms with Gasteiger partial charge in [-0.15, -0.1) is 0 Å². The van der Waals surface area contributed by atoms with Crippen molar-refractivity contribution in [1.82, 2.24) is 0 Å². The van der Waals surface area contributed by atoms with Gasteiger partial charge in [0.25, 0.3) is 0 Å². The maximum Gasteiger partial charge on any atom is 0.190 e. The smallest absolute Gasteiger partial charge is 0.190 e. The third kappa shape index (κ3) is 3.01. The molecule has 0 spiro atoms. The van der Waals surface area contributed by atoms with Gasteiger partial charge in [0.2, 0.25) is 0 Å². The first-order valence-corrected chi connectivity index (χ1v) is 6.76. The lowest BCUT2D eigenvalue weighted by atomic mass is 10.0. The number of benzene rings is 2. The van der Waals surface area contributed by atoms with E-state index >= 15 is 0 Å². The minimum Gasteiger partial charge on any atom is -0.495 e. The highest BCUT2D eigenvalue weighted by Gasteiger charge is 2.15. The second-order valence-electron chi connectivity index (χ2n) is 3.97. The van der Waals surface area contributed by atoms with Crippen LogP contribution < -0.4 is 4.74 Å². The molecular weight excluding hydrogens is 264 g/mol. The number of hydrogen-bond donors (Lipinski definition) is 2. The minimum absolute atomic E-state index is 0.148. The van der Waals surface area contributed by atoms with Crippen molar-refractivity contribution in [2.75, 3.05) is 7.11 Å². The summed E-state index contributed by atoms with van der Waals surface area (Å²) >= 11 is -2.16. The number of ether oxygens (including phenoxy) is 1. The van der Waals surface area contributed by atoms with Crippen LogP contribution in [0.4, 0.5) is 0 Å². The van der Waals surface area contributed by atoms with Crippen molar-refractivity contribution >= 4 is 11.1 Å². The summed E-state index contributed by atoms with van der Waals surface area (Å²) in [4.78, 5) is 0.148. The van der Waals surface area contributed by atoms with Crippen molar-refractivity contribution in [2.24, 2.45) is 0 Å². The Balaban J connectivity index is 2.41. The molecule has 4 nitrogen and oxygen atoms in total. The second-order valence-corrected chi connectivity index (χ2v) is 4.91. The monoisotopic (exact) mass is 278 g/mol. The van der Waals surface area contributed by atoms with E-state index in [0.29, 0.717) is 11.3 Å². The van der Waals surface area contributed by atoms with Crippen molar-refractivity contribution in [3.05, 3.63) is 59.7 Å². The average Bonchev–Trinajstić information content (AvgIpc) is 2.46. The van der Waals surface area contributed by atoms with Crippen LogP contribution in [0.1, 0.15) is 17.2 Å². The number of methoxy groups -OCH3 is 1. The molecular formula is C14H14O4S. The fourth-order valence-electron chi connectivity index (χ4n) is 1.83. The molecule has 2 aromatic rings. The maximum atomic E-state index is 11.2. The van der Waals surface area contributed by atoms with E-state index in [1.54, 1.807) is 24.3 Å². The zero-order chi connectivity index (χ0) is 13.8. The molecule has 0 heterocycles. The lowest BCUT2D eigenvalue weighted by Crippen LogP contribution is -2.02. The molecule has 2 unspecified atom stereocenters. The molecule has 2 rings (SSSR count). The Bertz CT molecular complexity index is 583. The molecule has 19 heavy (non-hydrogen) atoms. The van der Waals surface area contributed by atoms with Crippen LogP contribution in [-0.2, 0) is 11.1 Å². The Morgan fingerprint density at radius 1 is 1.11 bits per heavy atom. The first-order valence-electron chi connectivity index (χ1n) is 5.65. The van der Waals surface area contributed by atoms with E-state index in [2.05, 4.69) is 0 Å². The molecule has 2 N–H and O–H groups in total. The van der Waals surface area contributed by atoms with Gasteiger partial charge in [-0.2, -0.15) is 0 Å². The van der Waals surface area contributed by atoms with Gasteiger partial charge in [-0.05, 0) is 23.3 Å². The number of rotatable bonds is 4. The Morgan fingerprint density at radius 3 is 2.37 bits per heavy atom. The largest absolute Gasteiger partial charge is 0.495 e. The van der Waals surface area contributed by atoms with Gasteiger partial charge < -0.3 is 14.4 Å². The SMILES string of the molecule is COc1ccc(C(O)c2ccccc2)cc1S(=O)O. The van der Waals surface area contributed by atoms with Crippen LogP contribution in [0.25, 0.3) is 0 Å². The van der Waals surface area contributed by atoms with Crippen molar-refractivity contribution < 1.29 is 18.6 Å². The van der Waals surface area contributed by atoms with Gasteiger partial charge in [-0.3, -0.25) is 0 Å². The number of aliphatic hydroxyl groups is 1. The minimum atomic E-state index is -2.16. The predicted octanol–water partition coefficient (Wildman–Crippen LogP) is 2.36. The van der Waals surface area contributed by atoms with Crippen LogP contribution in [0.3, 0.4) is 0 Å². The number of hydrogen-bond acceptors (Lipinski definition) is 3. The molecule has 0 saturated heterocycles. The summed E-state index contributed by atoms with van der Waals surface area (Å²) in [5.41, 5.74) is 1.27. The van der Waals surface area contributed by atoms with Crippen molar-refractivity contribution in [1.29, 1.82) is 0 Å². The van der Waals surface area contributed by atoms with E-state index in [0.717, 1.165) is 5.56 Å². The van der Waals surface area contributed by atoms with Gasteiger partial charge in [0.15, 0.2) is 11.1 Å². The summed E-state index contributed by atoms with van der Waals surface area (Å²) in [6.45, 7) is 0. The third-order valence-corrected chi connectivity index (χ3v) is 3.50. The lowest BCUT2D eigenvalue weighted by molar-refractivity contribution is 0.220. The lowest BCUT2D eigenvalue weighted by Gasteiger charge is -2.13. The zero-order valence-electron chi connectivity index (χ0n) is 10.3. The highest BCUT2D eigenvalue weighted by atomic mass is 32.2. The molecule has 0 bridgehead atoms. The predicted molar refractivity (Wildman–Crippen MR) is 72.5 cm³/mol. The molecule has 5 heteroatoms. The summed E-state index contributed by atoms with van der Waals surface area (Å²) in [6, 6.07) is 13.8. The summed E-state index contributed by atoms with van der Waals surface area (Å²) in [7, 11) is 1.43. The summed E-state index contributed by atoms with van der Waals surface area (Å²) < 4.78 is 25.5. The average molecular weight is 278 g/mol. The van der Waals surface area contributed by atoms with E-state index in [4.69, 9.17) is 4.74 Å². The zero-order valence-corrected chi connectivity index (χ0v) is 11.1. The molecule has 0 saturated carbocycles. The topological polar surface area (TPSA) is 66.8 Å². The molecule has 100 valence electrons. The van der Waals surface area contributed by atoms with E-state index in [1.807, 2.05) is 18.2 Å². The molecule has 0 aromatic heterocycles. The molecule has 0 radical (unpaired) electrons. The first-order chi connectivity index (χ1) is 9.13. The molecule has 0 aliphatic heterocycles. The third-order valence-electron chi connectivity index (χ3n) is 2.81. The Labute approximate surface area is 114 Å². The molecule has 2 atom stereocenters. The van der Waals surface area contributed by atoms with E-state index in [9.17, 15) is 13.9 Å². The Kier molecular flexibility index (Phi) is 4.31. The highest BCUT2D eigenvalue weighted by molar-refractivity contribution is 7.79. The Morgan fingerprint density at radius 2 is 1.79 bits per heavy atom. The van der Waals surface area contributed by atoms with Crippen LogP contribution in [0.2, 0.25) is 0 Å². The van der Waals surface area contributed by atoms with Crippen LogP contribution in [-0.4, -0.2) is 21.0 Å².